The number of ether oxygens (including phenoxy) is 1. The lowest BCUT2D eigenvalue weighted by Crippen LogP contribution is -2.39. The Bertz CT molecular complexity index is 937. The number of carbonyl (C=O) groups is 1. The molecule has 0 heterocycles. The van der Waals surface area contributed by atoms with Crippen molar-refractivity contribution in [2.75, 3.05) is 20.7 Å². The van der Waals surface area contributed by atoms with Gasteiger partial charge >= 0.3 is 0 Å². The van der Waals surface area contributed by atoms with Gasteiger partial charge in [0, 0.05) is 16.5 Å². The zero-order chi connectivity index (χ0) is 20.2. The first-order chi connectivity index (χ1) is 12.6. The lowest BCUT2D eigenvalue weighted by Gasteiger charge is -2.20. The third-order valence-corrected chi connectivity index (χ3v) is 6.46. The predicted molar refractivity (Wildman–Crippen MR) is 109 cm³/mol. The second kappa shape index (κ2) is 9.05. The molecule has 2 aromatic carbocycles. The third-order valence-electron chi connectivity index (χ3n) is 3.91. The van der Waals surface area contributed by atoms with Crippen LogP contribution >= 0.6 is 27.5 Å². The normalized spacial score (nSPS) is 12.7. The molecule has 0 saturated carbocycles. The standard InChI is InChI=1S/C18H20BrClN2O4S/c1-12(13-5-4-6-14(19)9-13)21-18(23)11-22(2)27(24,25)17-10-15(20)7-8-16(17)26-3/h4-10,12H,11H2,1-3H3,(H,21,23). The molecule has 1 amide bonds. The maximum absolute atomic E-state index is 12.8. The number of nitrogens with zero attached hydrogens (tertiary/aromatic N) is 1. The Hall–Kier alpha value is -1.61. The fraction of sp³-hybridized carbons (Fsp3) is 0.278. The molecule has 146 valence electrons. The Morgan fingerprint density at radius 1 is 1.30 bits per heavy atom. The lowest BCUT2D eigenvalue weighted by molar-refractivity contribution is -0.121. The number of halogens is 2. The molecule has 0 saturated heterocycles. The second-order valence-electron chi connectivity index (χ2n) is 5.90. The van der Waals surface area contributed by atoms with Crippen molar-refractivity contribution in [2.24, 2.45) is 0 Å². The Labute approximate surface area is 172 Å². The van der Waals surface area contributed by atoms with E-state index in [9.17, 15) is 13.2 Å². The van der Waals surface area contributed by atoms with E-state index in [-0.39, 0.29) is 28.3 Å². The van der Waals surface area contributed by atoms with Gasteiger partial charge in [0.25, 0.3) is 0 Å². The Morgan fingerprint density at radius 3 is 2.63 bits per heavy atom. The summed E-state index contributed by atoms with van der Waals surface area (Å²) in [5.41, 5.74) is 0.903. The Balaban J connectivity index is 2.12. The highest BCUT2D eigenvalue weighted by atomic mass is 79.9. The van der Waals surface area contributed by atoms with Crippen molar-refractivity contribution in [1.82, 2.24) is 9.62 Å². The Kier molecular flexibility index (Phi) is 7.27. The van der Waals surface area contributed by atoms with Crippen LogP contribution in [0.2, 0.25) is 5.02 Å². The van der Waals surface area contributed by atoms with Crippen LogP contribution in [0.3, 0.4) is 0 Å². The van der Waals surface area contributed by atoms with Crippen molar-refractivity contribution >= 4 is 43.5 Å². The van der Waals surface area contributed by atoms with E-state index >= 15 is 0 Å². The number of hydrogen-bond donors (Lipinski definition) is 1. The fourth-order valence-electron chi connectivity index (χ4n) is 2.45. The van der Waals surface area contributed by atoms with Gasteiger partial charge in [0.2, 0.25) is 15.9 Å². The molecule has 27 heavy (non-hydrogen) atoms. The minimum absolute atomic E-state index is 0.0900. The van der Waals surface area contributed by atoms with E-state index in [1.807, 2.05) is 31.2 Å². The minimum Gasteiger partial charge on any atom is -0.495 e. The largest absolute Gasteiger partial charge is 0.495 e. The van der Waals surface area contributed by atoms with Crippen molar-refractivity contribution in [3.63, 3.8) is 0 Å². The molecule has 1 atom stereocenters. The molecule has 0 aromatic heterocycles. The molecular weight excluding hydrogens is 456 g/mol. The third kappa shape index (κ3) is 5.44. The zero-order valence-electron chi connectivity index (χ0n) is 15.1. The van der Waals surface area contributed by atoms with E-state index in [0.29, 0.717) is 0 Å². The van der Waals surface area contributed by atoms with Gasteiger partial charge in [0.05, 0.1) is 19.7 Å². The molecule has 0 spiro atoms. The predicted octanol–water partition coefficient (Wildman–Crippen LogP) is 3.61. The number of nitrogens with one attached hydrogen (secondary N) is 1. The number of benzene rings is 2. The fourth-order valence-corrected chi connectivity index (χ4v) is 4.41. The summed E-state index contributed by atoms with van der Waals surface area (Å²) < 4.78 is 32.6. The van der Waals surface area contributed by atoms with Crippen LogP contribution in [0, 0.1) is 0 Å². The quantitative estimate of drug-likeness (QED) is 0.664. The molecule has 2 rings (SSSR count). The van der Waals surface area contributed by atoms with E-state index in [1.54, 1.807) is 0 Å². The molecule has 1 unspecified atom stereocenters. The SMILES string of the molecule is COc1ccc(Cl)cc1S(=O)(=O)N(C)CC(=O)NC(C)c1cccc(Br)c1. The first-order valence-corrected chi connectivity index (χ1v) is 10.6. The van der Waals surface area contributed by atoms with E-state index < -0.39 is 15.9 Å². The molecule has 0 aliphatic rings. The van der Waals surface area contributed by atoms with Crippen LogP contribution in [-0.4, -0.2) is 39.3 Å². The summed E-state index contributed by atoms with van der Waals surface area (Å²) in [5.74, 6) is -0.260. The highest BCUT2D eigenvalue weighted by Crippen LogP contribution is 2.29. The summed E-state index contributed by atoms with van der Waals surface area (Å²) in [6.45, 7) is 1.49. The Morgan fingerprint density at radius 2 is 2.00 bits per heavy atom. The van der Waals surface area contributed by atoms with E-state index in [1.165, 1.54) is 32.4 Å². The number of methoxy groups -OCH3 is 1. The number of amides is 1. The number of hydrogen-bond acceptors (Lipinski definition) is 4. The zero-order valence-corrected chi connectivity index (χ0v) is 18.2. The number of likely N-dealkylation sites (N-methyl/N-ethyl adjacent to an activating group) is 1. The molecule has 0 aliphatic carbocycles. The van der Waals surface area contributed by atoms with E-state index in [2.05, 4.69) is 21.2 Å². The van der Waals surface area contributed by atoms with Crippen LogP contribution in [0.4, 0.5) is 0 Å². The van der Waals surface area contributed by atoms with Crippen molar-refractivity contribution in [3.05, 3.63) is 57.5 Å². The van der Waals surface area contributed by atoms with Gasteiger partial charge in [-0.25, -0.2) is 8.42 Å². The van der Waals surface area contributed by atoms with Gasteiger partial charge in [0.1, 0.15) is 10.6 Å². The van der Waals surface area contributed by atoms with Crippen molar-refractivity contribution in [3.8, 4) is 5.75 Å². The molecule has 2 aromatic rings. The molecule has 0 radical (unpaired) electrons. The monoisotopic (exact) mass is 474 g/mol. The van der Waals surface area contributed by atoms with Gasteiger partial charge in [-0.2, -0.15) is 4.31 Å². The number of sulfonamides is 1. The first-order valence-electron chi connectivity index (χ1n) is 8.00. The summed E-state index contributed by atoms with van der Waals surface area (Å²) in [4.78, 5) is 12.2. The van der Waals surface area contributed by atoms with E-state index in [0.717, 1.165) is 14.3 Å². The van der Waals surface area contributed by atoms with Crippen molar-refractivity contribution in [2.45, 2.75) is 17.9 Å². The van der Waals surface area contributed by atoms with Crippen LogP contribution in [0.1, 0.15) is 18.5 Å². The topological polar surface area (TPSA) is 75.7 Å². The summed E-state index contributed by atoms with van der Waals surface area (Å²) in [7, 11) is -1.25. The highest BCUT2D eigenvalue weighted by Gasteiger charge is 2.27. The average molecular weight is 476 g/mol. The van der Waals surface area contributed by atoms with Gasteiger partial charge in [-0.3, -0.25) is 4.79 Å². The summed E-state index contributed by atoms with van der Waals surface area (Å²) in [5, 5.41) is 3.05. The van der Waals surface area contributed by atoms with Gasteiger partial charge in [-0.1, -0.05) is 39.7 Å². The molecule has 9 heteroatoms. The first kappa shape index (κ1) is 21.7. The number of carbonyl (C=O) groups excluding carboxylic acids is 1. The second-order valence-corrected chi connectivity index (χ2v) is 9.27. The molecule has 0 bridgehead atoms. The molecular formula is C18H20BrClN2O4S. The maximum atomic E-state index is 12.8. The van der Waals surface area contributed by atoms with Crippen LogP contribution in [0.5, 0.6) is 5.75 Å². The van der Waals surface area contributed by atoms with Gasteiger partial charge in [-0.15, -0.1) is 0 Å². The average Bonchev–Trinajstić information content (AvgIpc) is 2.61. The summed E-state index contributed by atoms with van der Waals surface area (Å²) in [6.07, 6.45) is 0. The molecule has 0 aliphatic heterocycles. The minimum atomic E-state index is -3.95. The van der Waals surface area contributed by atoms with Crippen LogP contribution < -0.4 is 10.1 Å². The van der Waals surface area contributed by atoms with Crippen LogP contribution in [0.15, 0.2) is 51.8 Å². The molecule has 0 fully saturated rings. The number of rotatable bonds is 7. The molecule has 6 nitrogen and oxygen atoms in total. The van der Waals surface area contributed by atoms with Crippen LogP contribution in [0.25, 0.3) is 0 Å². The molecule has 1 N–H and O–H groups in total. The van der Waals surface area contributed by atoms with Gasteiger partial charge in [0.15, 0.2) is 0 Å². The van der Waals surface area contributed by atoms with Crippen LogP contribution in [-0.2, 0) is 14.8 Å². The summed E-state index contributed by atoms with van der Waals surface area (Å²) >= 11 is 9.30. The van der Waals surface area contributed by atoms with Crippen molar-refractivity contribution in [1.29, 1.82) is 0 Å². The van der Waals surface area contributed by atoms with Crippen molar-refractivity contribution < 1.29 is 17.9 Å². The smallest absolute Gasteiger partial charge is 0.247 e. The highest BCUT2D eigenvalue weighted by molar-refractivity contribution is 9.10. The summed E-state index contributed by atoms with van der Waals surface area (Å²) in [6, 6.07) is 11.6. The maximum Gasteiger partial charge on any atom is 0.247 e. The lowest BCUT2D eigenvalue weighted by atomic mass is 10.1. The van der Waals surface area contributed by atoms with Gasteiger partial charge in [-0.05, 0) is 42.8 Å². The van der Waals surface area contributed by atoms with Gasteiger partial charge < -0.3 is 10.1 Å². The van der Waals surface area contributed by atoms with E-state index in [4.69, 9.17) is 16.3 Å².